The molecule has 0 aliphatic carbocycles. The lowest BCUT2D eigenvalue weighted by Gasteiger charge is -2.24. The van der Waals surface area contributed by atoms with Gasteiger partial charge in [-0.05, 0) is 30.4 Å². The first kappa shape index (κ1) is 19.4. The van der Waals surface area contributed by atoms with Gasteiger partial charge < -0.3 is 4.74 Å². The number of nitrogens with zero attached hydrogens (tertiary/aromatic N) is 1. The van der Waals surface area contributed by atoms with Crippen molar-refractivity contribution in [3.8, 4) is 0 Å². The molecular formula is C22H33NO3. The number of esters is 1. The fraction of sp³-hybridized carbons (Fsp3) is 0.682. The summed E-state index contributed by atoms with van der Waals surface area (Å²) in [7, 11) is 1.44. The molecular weight excluding hydrogens is 326 g/mol. The van der Waals surface area contributed by atoms with Crippen molar-refractivity contribution in [1.29, 1.82) is 0 Å². The van der Waals surface area contributed by atoms with Gasteiger partial charge in [0.25, 0.3) is 0 Å². The van der Waals surface area contributed by atoms with Gasteiger partial charge in [-0.15, -0.1) is 0 Å². The van der Waals surface area contributed by atoms with Crippen molar-refractivity contribution in [2.75, 3.05) is 7.11 Å². The van der Waals surface area contributed by atoms with Crippen LogP contribution >= 0.6 is 0 Å². The van der Waals surface area contributed by atoms with Crippen molar-refractivity contribution in [2.45, 2.75) is 89.3 Å². The maximum absolute atomic E-state index is 12.0. The molecule has 1 fully saturated rings. The van der Waals surface area contributed by atoms with Gasteiger partial charge in [0.15, 0.2) is 6.10 Å². The zero-order valence-electron chi connectivity index (χ0n) is 16.1. The number of aryl methyl sites for hydroxylation is 1. The summed E-state index contributed by atoms with van der Waals surface area (Å²) in [6.45, 7) is 0.758. The van der Waals surface area contributed by atoms with E-state index in [4.69, 9.17) is 9.57 Å². The molecule has 1 aromatic rings. The molecule has 2 aliphatic heterocycles. The zero-order valence-corrected chi connectivity index (χ0v) is 16.1. The minimum atomic E-state index is -0.448. The number of ether oxygens (including phenoxy) is 1. The third-order valence-electron chi connectivity index (χ3n) is 5.80. The van der Waals surface area contributed by atoms with Gasteiger partial charge in [-0.2, -0.15) is 5.06 Å². The van der Waals surface area contributed by atoms with Crippen LogP contribution in [0.2, 0.25) is 0 Å². The SMILES string of the molecule is COC(=O)[C@@H]1C[C@@H]2CCCCCCCCCCc3ccccc3CN2O1. The Morgan fingerprint density at radius 3 is 2.38 bits per heavy atom. The van der Waals surface area contributed by atoms with Gasteiger partial charge in [0.2, 0.25) is 0 Å². The minimum Gasteiger partial charge on any atom is -0.467 e. The second-order valence-electron chi connectivity index (χ2n) is 7.72. The molecule has 0 spiro atoms. The van der Waals surface area contributed by atoms with E-state index >= 15 is 0 Å². The lowest BCUT2D eigenvalue weighted by Crippen LogP contribution is -2.29. The van der Waals surface area contributed by atoms with Crippen LogP contribution in [0.1, 0.15) is 75.3 Å². The predicted molar refractivity (Wildman–Crippen MR) is 103 cm³/mol. The Bertz CT molecular complexity index is 574. The van der Waals surface area contributed by atoms with Crippen LogP contribution in [-0.2, 0) is 27.3 Å². The lowest BCUT2D eigenvalue weighted by atomic mass is 10.00. The molecule has 4 heteroatoms. The van der Waals surface area contributed by atoms with Crippen LogP contribution in [0.15, 0.2) is 24.3 Å². The number of hydrogen-bond donors (Lipinski definition) is 0. The Labute approximate surface area is 157 Å². The molecule has 1 saturated heterocycles. The van der Waals surface area contributed by atoms with Crippen molar-refractivity contribution >= 4 is 5.97 Å². The minimum absolute atomic E-state index is 0.250. The summed E-state index contributed by atoms with van der Waals surface area (Å²) in [5, 5.41) is 2.06. The number of methoxy groups -OCH3 is 1. The maximum atomic E-state index is 12.0. The summed E-state index contributed by atoms with van der Waals surface area (Å²) in [5.41, 5.74) is 2.75. The first-order chi connectivity index (χ1) is 12.8. The molecule has 4 nitrogen and oxygen atoms in total. The van der Waals surface area contributed by atoms with E-state index in [0.29, 0.717) is 6.04 Å². The second kappa shape index (κ2) is 10.1. The van der Waals surface area contributed by atoms with Gasteiger partial charge in [-0.3, -0.25) is 4.84 Å². The zero-order chi connectivity index (χ0) is 18.2. The van der Waals surface area contributed by atoms with Crippen molar-refractivity contribution in [3.63, 3.8) is 0 Å². The van der Waals surface area contributed by atoms with Gasteiger partial charge in [0.1, 0.15) is 0 Å². The lowest BCUT2D eigenvalue weighted by molar-refractivity contribution is -0.191. The smallest absolute Gasteiger partial charge is 0.337 e. The van der Waals surface area contributed by atoms with Crippen molar-refractivity contribution in [3.05, 3.63) is 35.4 Å². The van der Waals surface area contributed by atoms with Gasteiger partial charge in [0.05, 0.1) is 7.11 Å². The summed E-state index contributed by atoms with van der Waals surface area (Å²) < 4.78 is 4.92. The molecule has 0 amide bonds. The van der Waals surface area contributed by atoms with Crippen LogP contribution in [0.4, 0.5) is 0 Å². The number of carbonyl (C=O) groups is 1. The Hall–Kier alpha value is -1.39. The van der Waals surface area contributed by atoms with Gasteiger partial charge >= 0.3 is 5.97 Å². The summed E-state index contributed by atoms with van der Waals surface area (Å²) in [6.07, 6.45) is 13.0. The normalized spacial score (nSPS) is 26.2. The molecule has 2 aliphatic rings. The number of rotatable bonds is 1. The summed E-state index contributed by atoms with van der Waals surface area (Å²) >= 11 is 0. The Morgan fingerprint density at radius 2 is 1.65 bits per heavy atom. The van der Waals surface area contributed by atoms with Crippen LogP contribution < -0.4 is 0 Å². The van der Waals surface area contributed by atoms with Gasteiger partial charge in [-0.25, -0.2) is 4.79 Å². The van der Waals surface area contributed by atoms with E-state index in [0.717, 1.165) is 25.8 Å². The molecule has 2 atom stereocenters. The fourth-order valence-electron chi connectivity index (χ4n) is 4.24. The molecule has 0 N–H and O–H groups in total. The van der Waals surface area contributed by atoms with Crippen molar-refractivity contribution in [2.24, 2.45) is 0 Å². The van der Waals surface area contributed by atoms with E-state index in [-0.39, 0.29) is 5.97 Å². The Morgan fingerprint density at radius 1 is 1.00 bits per heavy atom. The van der Waals surface area contributed by atoms with Crippen LogP contribution in [0, 0.1) is 0 Å². The molecule has 0 radical (unpaired) electrons. The Kier molecular flexibility index (Phi) is 7.51. The fourth-order valence-corrected chi connectivity index (χ4v) is 4.24. The highest BCUT2D eigenvalue weighted by molar-refractivity contribution is 5.74. The highest BCUT2D eigenvalue weighted by Gasteiger charge is 2.38. The molecule has 0 saturated carbocycles. The van der Waals surface area contributed by atoms with E-state index in [2.05, 4.69) is 29.3 Å². The number of hydroxylamine groups is 2. The second-order valence-corrected chi connectivity index (χ2v) is 7.72. The van der Waals surface area contributed by atoms with E-state index in [9.17, 15) is 4.79 Å². The molecule has 26 heavy (non-hydrogen) atoms. The topological polar surface area (TPSA) is 38.8 Å². The van der Waals surface area contributed by atoms with Crippen molar-refractivity contribution in [1.82, 2.24) is 5.06 Å². The van der Waals surface area contributed by atoms with E-state index in [1.54, 1.807) is 0 Å². The summed E-state index contributed by atoms with van der Waals surface area (Å²) in [5.74, 6) is -0.250. The van der Waals surface area contributed by atoms with Crippen molar-refractivity contribution < 1.29 is 14.4 Å². The number of carbonyl (C=O) groups excluding carboxylic acids is 1. The maximum Gasteiger partial charge on any atom is 0.337 e. The molecule has 0 bridgehead atoms. The quantitative estimate of drug-likeness (QED) is 0.675. The van der Waals surface area contributed by atoms with Crippen LogP contribution in [-0.4, -0.2) is 30.3 Å². The van der Waals surface area contributed by atoms with E-state index < -0.39 is 6.10 Å². The number of fused-ring (bicyclic) bond motifs is 2. The third kappa shape index (κ3) is 5.31. The van der Waals surface area contributed by atoms with Crippen LogP contribution in [0.3, 0.4) is 0 Å². The van der Waals surface area contributed by atoms with Crippen LogP contribution in [0.5, 0.6) is 0 Å². The van der Waals surface area contributed by atoms with E-state index in [1.165, 1.54) is 69.6 Å². The number of hydrogen-bond acceptors (Lipinski definition) is 4. The monoisotopic (exact) mass is 359 g/mol. The van der Waals surface area contributed by atoms with Crippen LogP contribution in [0.25, 0.3) is 0 Å². The van der Waals surface area contributed by atoms with Gasteiger partial charge in [-0.1, -0.05) is 69.2 Å². The first-order valence-corrected chi connectivity index (χ1v) is 10.4. The van der Waals surface area contributed by atoms with E-state index in [1.807, 2.05) is 0 Å². The highest BCUT2D eigenvalue weighted by Crippen LogP contribution is 2.29. The summed E-state index contributed by atoms with van der Waals surface area (Å²) in [6, 6.07) is 9.00. The molecule has 0 unspecified atom stereocenters. The molecule has 1 aromatic carbocycles. The van der Waals surface area contributed by atoms with Gasteiger partial charge in [0, 0.05) is 19.0 Å². The largest absolute Gasteiger partial charge is 0.467 e. The molecule has 0 aromatic heterocycles. The number of benzene rings is 1. The average Bonchev–Trinajstić information content (AvgIpc) is 3.05. The highest BCUT2D eigenvalue weighted by atomic mass is 16.7. The average molecular weight is 360 g/mol. The Balaban J connectivity index is 1.74. The standard InChI is InChI=1S/C22H33NO3/c1-25-22(24)21-16-20-15-9-7-5-3-2-4-6-8-12-18-13-10-11-14-19(18)17-23(20)26-21/h10-11,13-14,20-21H,2-9,12,15-17H2,1H3/t20-,21-/m0/s1. The molecule has 3 rings (SSSR count). The third-order valence-corrected chi connectivity index (χ3v) is 5.80. The molecule has 144 valence electrons. The predicted octanol–water partition coefficient (Wildman–Crippen LogP) is 4.80. The summed E-state index contributed by atoms with van der Waals surface area (Å²) in [4.78, 5) is 18.0. The first-order valence-electron chi connectivity index (χ1n) is 10.4. The molecule has 2 heterocycles.